The molecular formula is C23H19NO2. The molecule has 0 fully saturated rings. The van der Waals surface area contributed by atoms with Crippen LogP contribution in [0.2, 0.25) is 0 Å². The highest BCUT2D eigenvalue weighted by molar-refractivity contribution is 5.94. The van der Waals surface area contributed by atoms with Crippen molar-refractivity contribution in [2.75, 3.05) is 0 Å². The Morgan fingerprint density at radius 2 is 1.85 bits per heavy atom. The van der Waals surface area contributed by atoms with Gasteiger partial charge < -0.3 is 9.67 Å². The van der Waals surface area contributed by atoms with Gasteiger partial charge in [0.15, 0.2) is 0 Å². The Labute approximate surface area is 151 Å². The first-order valence-corrected chi connectivity index (χ1v) is 8.59. The van der Waals surface area contributed by atoms with Gasteiger partial charge in [0.25, 0.3) is 0 Å². The van der Waals surface area contributed by atoms with E-state index >= 15 is 0 Å². The van der Waals surface area contributed by atoms with Crippen molar-refractivity contribution in [1.29, 1.82) is 0 Å². The fourth-order valence-electron chi connectivity index (χ4n) is 3.52. The van der Waals surface area contributed by atoms with Crippen LogP contribution in [0.1, 0.15) is 16.7 Å². The predicted octanol–water partition coefficient (Wildman–Crippen LogP) is 5.25. The van der Waals surface area contributed by atoms with Crippen LogP contribution in [0.5, 0.6) is 0 Å². The topological polar surface area (TPSA) is 42.2 Å². The second-order valence-electron chi connectivity index (χ2n) is 6.54. The van der Waals surface area contributed by atoms with E-state index in [0.717, 1.165) is 23.0 Å². The zero-order valence-electron chi connectivity index (χ0n) is 14.5. The van der Waals surface area contributed by atoms with Crippen molar-refractivity contribution in [2.45, 2.75) is 13.5 Å². The molecule has 26 heavy (non-hydrogen) atoms. The van der Waals surface area contributed by atoms with Crippen LogP contribution in [0, 0.1) is 6.92 Å². The molecule has 0 aliphatic heterocycles. The highest BCUT2D eigenvalue weighted by atomic mass is 16.4. The van der Waals surface area contributed by atoms with Crippen LogP contribution >= 0.6 is 0 Å². The summed E-state index contributed by atoms with van der Waals surface area (Å²) in [5.41, 5.74) is 4.39. The van der Waals surface area contributed by atoms with Crippen LogP contribution in [0.15, 0.2) is 72.9 Å². The van der Waals surface area contributed by atoms with E-state index < -0.39 is 5.97 Å². The summed E-state index contributed by atoms with van der Waals surface area (Å²) in [6, 6.07) is 20.9. The third-order valence-electron chi connectivity index (χ3n) is 4.70. The van der Waals surface area contributed by atoms with Crippen LogP contribution in [0.25, 0.3) is 27.8 Å². The molecule has 4 aromatic rings. The minimum atomic E-state index is -0.939. The summed E-state index contributed by atoms with van der Waals surface area (Å²) in [5, 5.41) is 12.6. The number of carboxylic acid groups (broad SMARTS) is 1. The number of rotatable bonds is 4. The average Bonchev–Trinajstić information content (AvgIpc) is 2.96. The monoisotopic (exact) mass is 341 g/mol. The van der Waals surface area contributed by atoms with E-state index in [-0.39, 0.29) is 0 Å². The molecule has 0 saturated carbocycles. The van der Waals surface area contributed by atoms with E-state index in [9.17, 15) is 4.79 Å². The largest absolute Gasteiger partial charge is 0.478 e. The zero-order chi connectivity index (χ0) is 18.1. The molecule has 1 aromatic heterocycles. The number of nitrogens with zero attached hydrogens (tertiary/aromatic N) is 1. The summed E-state index contributed by atoms with van der Waals surface area (Å²) >= 11 is 0. The number of aryl methyl sites for hydroxylation is 1. The van der Waals surface area contributed by atoms with Gasteiger partial charge in [0.2, 0.25) is 0 Å². The van der Waals surface area contributed by atoms with Gasteiger partial charge >= 0.3 is 5.97 Å². The second-order valence-corrected chi connectivity index (χ2v) is 6.54. The van der Waals surface area contributed by atoms with Crippen molar-refractivity contribution in [3.63, 3.8) is 0 Å². The normalized spacial score (nSPS) is 11.6. The molecule has 0 radical (unpaired) electrons. The molecule has 3 nitrogen and oxygen atoms in total. The van der Waals surface area contributed by atoms with E-state index in [4.69, 9.17) is 5.11 Å². The average molecular weight is 341 g/mol. The molecule has 3 heteroatoms. The molecule has 0 spiro atoms. The standard InChI is InChI=1S/C23H19NO2/c1-16-14-24(15-17-9-10-18-5-2-3-6-20(18)13-17)23-19(11-12-22(25)26)7-4-8-21(16)23/h2-14H,15H2,1H3,(H,25,26). The van der Waals surface area contributed by atoms with E-state index in [1.165, 1.54) is 28.0 Å². The Morgan fingerprint density at radius 3 is 2.65 bits per heavy atom. The highest BCUT2D eigenvalue weighted by Crippen LogP contribution is 2.27. The highest BCUT2D eigenvalue weighted by Gasteiger charge is 2.09. The lowest BCUT2D eigenvalue weighted by Crippen LogP contribution is -1.99. The number of hydrogen-bond donors (Lipinski definition) is 1. The fourth-order valence-corrected chi connectivity index (χ4v) is 3.52. The van der Waals surface area contributed by atoms with Crippen LogP contribution in [-0.4, -0.2) is 15.6 Å². The Bertz CT molecular complexity index is 1150. The number of benzene rings is 3. The first-order valence-electron chi connectivity index (χ1n) is 8.59. The van der Waals surface area contributed by atoms with Crippen molar-refractivity contribution < 1.29 is 9.90 Å². The third-order valence-corrected chi connectivity index (χ3v) is 4.70. The van der Waals surface area contributed by atoms with Crippen molar-refractivity contribution >= 4 is 33.7 Å². The summed E-state index contributed by atoms with van der Waals surface area (Å²) in [6.07, 6.45) is 5.00. The SMILES string of the molecule is Cc1cn(Cc2ccc3ccccc3c2)c2c(C=CC(=O)O)cccc12. The minimum absolute atomic E-state index is 0.743. The van der Waals surface area contributed by atoms with Gasteiger partial charge in [0, 0.05) is 24.2 Å². The maximum Gasteiger partial charge on any atom is 0.328 e. The first kappa shape index (κ1) is 16.2. The summed E-state index contributed by atoms with van der Waals surface area (Å²) in [6.45, 7) is 2.83. The van der Waals surface area contributed by atoms with Crippen LogP contribution < -0.4 is 0 Å². The van der Waals surface area contributed by atoms with Crippen LogP contribution in [-0.2, 0) is 11.3 Å². The molecule has 0 amide bonds. The van der Waals surface area contributed by atoms with Crippen molar-refractivity contribution in [3.8, 4) is 0 Å². The summed E-state index contributed by atoms with van der Waals surface area (Å²) in [5.74, 6) is -0.939. The molecule has 0 saturated heterocycles. The van der Waals surface area contributed by atoms with E-state index in [2.05, 4.69) is 60.2 Å². The molecule has 0 bridgehead atoms. The third kappa shape index (κ3) is 3.00. The Hall–Kier alpha value is -3.33. The van der Waals surface area contributed by atoms with Gasteiger partial charge in [0.1, 0.15) is 0 Å². The van der Waals surface area contributed by atoms with Gasteiger partial charge in [-0.15, -0.1) is 0 Å². The van der Waals surface area contributed by atoms with Crippen molar-refractivity contribution in [2.24, 2.45) is 0 Å². The summed E-state index contributed by atoms with van der Waals surface area (Å²) in [7, 11) is 0. The summed E-state index contributed by atoms with van der Waals surface area (Å²) < 4.78 is 2.20. The Kier molecular flexibility index (Phi) is 4.05. The number of para-hydroxylation sites is 1. The van der Waals surface area contributed by atoms with Gasteiger partial charge in [0.05, 0.1) is 5.52 Å². The fraction of sp³-hybridized carbons (Fsp3) is 0.0870. The van der Waals surface area contributed by atoms with Gasteiger partial charge in [-0.05, 0) is 46.5 Å². The van der Waals surface area contributed by atoms with Gasteiger partial charge in [-0.3, -0.25) is 0 Å². The smallest absolute Gasteiger partial charge is 0.328 e. The van der Waals surface area contributed by atoms with Gasteiger partial charge in [-0.1, -0.05) is 54.6 Å². The van der Waals surface area contributed by atoms with Gasteiger partial charge in [-0.25, -0.2) is 4.79 Å². The quantitative estimate of drug-likeness (QED) is 0.515. The maximum absolute atomic E-state index is 10.9. The Balaban J connectivity index is 1.81. The molecule has 0 unspecified atom stereocenters. The molecule has 1 N–H and O–H groups in total. The summed E-state index contributed by atoms with van der Waals surface area (Å²) in [4.78, 5) is 10.9. The first-order chi connectivity index (χ1) is 12.6. The van der Waals surface area contributed by atoms with Gasteiger partial charge in [-0.2, -0.15) is 0 Å². The number of aliphatic carboxylic acids is 1. The lowest BCUT2D eigenvalue weighted by Gasteiger charge is -2.09. The number of carboxylic acids is 1. The van der Waals surface area contributed by atoms with Crippen LogP contribution in [0.3, 0.4) is 0 Å². The molecule has 3 aromatic carbocycles. The van der Waals surface area contributed by atoms with E-state index in [1.54, 1.807) is 6.08 Å². The van der Waals surface area contributed by atoms with Crippen molar-refractivity contribution in [1.82, 2.24) is 4.57 Å². The second kappa shape index (κ2) is 6.52. The molecule has 4 rings (SSSR count). The maximum atomic E-state index is 10.9. The molecule has 0 aliphatic rings. The predicted molar refractivity (Wildman–Crippen MR) is 106 cm³/mol. The molecule has 1 heterocycles. The lowest BCUT2D eigenvalue weighted by molar-refractivity contribution is -0.131. The molecular weight excluding hydrogens is 322 g/mol. The number of fused-ring (bicyclic) bond motifs is 2. The molecule has 128 valence electrons. The minimum Gasteiger partial charge on any atom is -0.478 e. The van der Waals surface area contributed by atoms with E-state index in [0.29, 0.717) is 0 Å². The molecule has 0 aliphatic carbocycles. The number of aromatic nitrogens is 1. The number of hydrogen-bond acceptors (Lipinski definition) is 1. The van der Waals surface area contributed by atoms with E-state index in [1.807, 2.05) is 18.2 Å². The lowest BCUT2D eigenvalue weighted by atomic mass is 10.1. The molecule has 0 atom stereocenters. The van der Waals surface area contributed by atoms with Crippen molar-refractivity contribution in [3.05, 3.63) is 89.6 Å². The Morgan fingerprint density at radius 1 is 1.04 bits per heavy atom. The zero-order valence-corrected chi connectivity index (χ0v) is 14.5. The van der Waals surface area contributed by atoms with Crippen LogP contribution in [0.4, 0.5) is 0 Å². The number of carbonyl (C=O) groups is 1.